The van der Waals surface area contributed by atoms with Gasteiger partial charge in [-0.15, -0.1) is 0 Å². The van der Waals surface area contributed by atoms with Crippen molar-refractivity contribution in [2.24, 2.45) is 5.92 Å². The van der Waals surface area contributed by atoms with E-state index in [-0.39, 0.29) is 17.8 Å². The highest BCUT2D eigenvalue weighted by molar-refractivity contribution is 5.94. The third-order valence-corrected chi connectivity index (χ3v) is 3.64. The molecule has 0 aliphatic carbocycles. The van der Waals surface area contributed by atoms with Gasteiger partial charge in [0.05, 0.1) is 11.4 Å². The smallest absolute Gasteiger partial charge is 0.224 e. The van der Waals surface area contributed by atoms with Gasteiger partial charge < -0.3 is 16.0 Å². The fourth-order valence-corrected chi connectivity index (χ4v) is 2.57. The first-order chi connectivity index (χ1) is 10.0. The van der Waals surface area contributed by atoms with E-state index in [4.69, 9.17) is 0 Å². The quantitative estimate of drug-likeness (QED) is 0.756. The zero-order valence-corrected chi connectivity index (χ0v) is 12.7. The number of nitrogens with one attached hydrogen (secondary N) is 3. The maximum absolute atomic E-state index is 13.4. The van der Waals surface area contributed by atoms with Crippen molar-refractivity contribution < 1.29 is 9.18 Å². The van der Waals surface area contributed by atoms with Crippen molar-refractivity contribution in [1.29, 1.82) is 0 Å². The van der Waals surface area contributed by atoms with Gasteiger partial charge in [0.1, 0.15) is 5.82 Å². The number of amides is 1. The lowest BCUT2D eigenvalue weighted by Gasteiger charge is -2.16. The minimum absolute atomic E-state index is 0.0562. The molecule has 0 saturated carbocycles. The predicted octanol–water partition coefficient (Wildman–Crippen LogP) is 2.97. The van der Waals surface area contributed by atoms with Crippen LogP contribution in [0.4, 0.5) is 15.8 Å². The molecule has 1 saturated heterocycles. The molecular weight excluding hydrogens is 269 g/mol. The Balaban J connectivity index is 1.93. The standard InChI is InChI=1S/C16H24FN3O/c1-11(2)19-14-5-4-13(17)9-15(14)20-16(21)6-3-12-7-8-18-10-12/h4-5,9,11-12,18-19H,3,6-8,10H2,1-2H3,(H,20,21). The summed E-state index contributed by atoms with van der Waals surface area (Å²) in [5.74, 6) is 0.176. The molecule has 1 atom stereocenters. The second-order valence-electron chi connectivity index (χ2n) is 5.93. The van der Waals surface area contributed by atoms with E-state index in [0.717, 1.165) is 31.6 Å². The molecule has 116 valence electrons. The van der Waals surface area contributed by atoms with Crippen LogP contribution in [0.15, 0.2) is 18.2 Å². The molecule has 4 nitrogen and oxygen atoms in total. The van der Waals surface area contributed by atoms with Crippen molar-refractivity contribution in [2.45, 2.75) is 39.2 Å². The zero-order valence-electron chi connectivity index (χ0n) is 12.7. The van der Waals surface area contributed by atoms with Crippen LogP contribution in [0.3, 0.4) is 0 Å². The van der Waals surface area contributed by atoms with Crippen molar-refractivity contribution in [1.82, 2.24) is 5.32 Å². The van der Waals surface area contributed by atoms with Gasteiger partial charge in [-0.2, -0.15) is 0 Å². The van der Waals surface area contributed by atoms with Crippen molar-refractivity contribution in [3.8, 4) is 0 Å². The van der Waals surface area contributed by atoms with Crippen LogP contribution in [-0.4, -0.2) is 25.0 Å². The maximum atomic E-state index is 13.4. The predicted molar refractivity (Wildman–Crippen MR) is 84.0 cm³/mol. The molecular formula is C16H24FN3O. The van der Waals surface area contributed by atoms with E-state index in [2.05, 4.69) is 16.0 Å². The summed E-state index contributed by atoms with van der Waals surface area (Å²) in [6.07, 6.45) is 2.48. The molecule has 5 heteroatoms. The lowest BCUT2D eigenvalue weighted by atomic mass is 10.0. The molecule has 1 heterocycles. The number of carbonyl (C=O) groups excluding carboxylic acids is 1. The number of halogens is 1. The lowest BCUT2D eigenvalue weighted by Crippen LogP contribution is -2.17. The van der Waals surface area contributed by atoms with Gasteiger partial charge in [0.2, 0.25) is 5.91 Å². The van der Waals surface area contributed by atoms with Crippen LogP contribution in [0.25, 0.3) is 0 Å². The Labute approximate surface area is 125 Å². The summed E-state index contributed by atoms with van der Waals surface area (Å²) in [5.41, 5.74) is 1.26. The van der Waals surface area contributed by atoms with Gasteiger partial charge in [0, 0.05) is 12.5 Å². The average molecular weight is 293 g/mol. The van der Waals surface area contributed by atoms with Crippen molar-refractivity contribution in [3.63, 3.8) is 0 Å². The Bertz CT molecular complexity index is 484. The van der Waals surface area contributed by atoms with Gasteiger partial charge in [-0.05, 0) is 63.9 Å². The molecule has 0 radical (unpaired) electrons. The number of carbonyl (C=O) groups is 1. The van der Waals surface area contributed by atoms with Gasteiger partial charge in [0.25, 0.3) is 0 Å². The van der Waals surface area contributed by atoms with E-state index in [9.17, 15) is 9.18 Å². The highest BCUT2D eigenvalue weighted by atomic mass is 19.1. The van der Waals surface area contributed by atoms with Crippen LogP contribution in [0, 0.1) is 11.7 Å². The molecule has 1 fully saturated rings. The Hall–Kier alpha value is -1.62. The molecule has 0 bridgehead atoms. The molecule has 3 N–H and O–H groups in total. The highest BCUT2D eigenvalue weighted by Crippen LogP contribution is 2.24. The molecule has 1 unspecified atom stereocenters. The summed E-state index contributed by atoms with van der Waals surface area (Å²) in [4.78, 5) is 12.0. The number of anilines is 2. The molecule has 1 amide bonds. The fraction of sp³-hybridized carbons (Fsp3) is 0.562. The Morgan fingerprint density at radius 1 is 1.43 bits per heavy atom. The van der Waals surface area contributed by atoms with Gasteiger partial charge in [-0.3, -0.25) is 4.79 Å². The van der Waals surface area contributed by atoms with E-state index in [1.165, 1.54) is 12.1 Å². The fourth-order valence-electron chi connectivity index (χ4n) is 2.57. The summed E-state index contributed by atoms with van der Waals surface area (Å²) >= 11 is 0. The summed E-state index contributed by atoms with van der Waals surface area (Å²) in [5, 5.41) is 9.32. The zero-order chi connectivity index (χ0) is 15.2. The molecule has 0 aromatic heterocycles. The minimum Gasteiger partial charge on any atom is -0.381 e. The molecule has 0 spiro atoms. The van der Waals surface area contributed by atoms with Gasteiger partial charge >= 0.3 is 0 Å². The van der Waals surface area contributed by atoms with Crippen LogP contribution in [0.1, 0.15) is 33.1 Å². The first-order valence-electron chi connectivity index (χ1n) is 7.61. The topological polar surface area (TPSA) is 53.2 Å². The third-order valence-electron chi connectivity index (χ3n) is 3.64. The van der Waals surface area contributed by atoms with E-state index in [0.29, 0.717) is 18.0 Å². The van der Waals surface area contributed by atoms with Gasteiger partial charge in [-0.25, -0.2) is 4.39 Å². The molecule has 21 heavy (non-hydrogen) atoms. The van der Waals surface area contributed by atoms with E-state index < -0.39 is 0 Å². The number of benzene rings is 1. The van der Waals surface area contributed by atoms with Crippen molar-refractivity contribution in [2.75, 3.05) is 23.7 Å². The van der Waals surface area contributed by atoms with Crippen LogP contribution < -0.4 is 16.0 Å². The first kappa shape index (κ1) is 15.8. The second kappa shape index (κ2) is 7.41. The monoisotopic (exact) mass is 293 g/mol. The van der Waals surface area contributed by atoms with E-state index >= 15 is 0 Å². The van der Waals surface area contributed by atoms with Crippen molar-refractivity contribution >= 4 is 17.3 Å². The van der Waals surface area contributed by atoms with E-state index in [1.807, 2.05) is 13.8 Å². The first-order valence-corrected chi connectivity index (χ1v) is 7.61. The van der Waals surface area contributed by atoms with Gasteiger partial charge in [-0.1, -0.05) is 0 Å². The Morgan fingerprint density at radius 2 is 2.24 bits per heavy atom. The number of rotatable bonds is 6. The average Bonchev–Trinajstić information content (AvgIpc) is 2.92. The van der Waals surface area contributed by atoms with Crippen LogP contribution >= 0.6 is 0 Å². The SMILES string of the molecule is CC(C)Nc1ccc(F)cc1NC(=O)CCC1CCNC1. The van der Waals surface area contributed by atoms with Crippen LogP contribution in [0.5, 0.6) is 0 Å². The number of hydrogen-bond acceptors (Lipinski definition) is 3. The molecule has 1 aliphatic rings. The van der Waals surface area contributed by atoms with E-state index in [1.54, 1.807) is 6.07 Å². The largest absolute Gasteiger partial charge is 0.381 e. The Morgan fingerprint density at radius 3 is 2.90 bits per heavy atom. The van der Waals surface area contributed by atoms with Crippen LogP contribution in [0.2, 0.25) is 0 Å². The second-order valence-corrected chi connectivity index (χ2v) is 5.93. The highest BCUT2D eigenvalue weighted by Gasteiger charge is 2.16. The maximum Gasteiger partial charge on any atom is 0.224 e. The van der Waals surface area contributed by atoms with Crippen molar-refractivity contribution in [3.05, 3.63) is 24.0 Å². The molecule has 1 aromatic carbocycles. The summed E-state index contributed by atoms with van der Waals surface area (Å²) in [6, 6.07) is 4.63. The summed E-state index contributed by atoms with van der Waals surface area (Å²) in [6.45, 7) is 6.04. The normalized spacial score (nSPS) is 18.0. The molecule has 2 rings (SSSR count). The van der Waals surface area contributed by atoms with Crippen LogP contribution in [-0.2, 0) is 4.79 Å². The molecule has 1 aliphatic heterocycles. The third kappa shape index (κ3) is 5.01. The summed E-state index contributed by atoms with van der Waals surface area (Å²) in [7, 11) is 0. The number of hydrogen-bond donors (Lipinski definition) is 3. The Kier molecular flexibility index (Phi) is 5.56. The van der Waals surface area contributed by atoms with Gasteiger partial charge in [0.15, 0.2) is 0 Å². The lowest BCUT2D eigenvalue weighted by molar-refractivity contribution is -0.116. The summed E-state index contributed by atoms with van der Waals surface area (Å²) < 4.78 is 13.4. The minimum atomic E-state index is -0.348. The molecule has 1 aromatic rings.